The first-order valence-electron chi connectivity index (χ1n) is 7.99. The molecule has 4 saturated carbocycles. The molecule has 5 rings (SSSR count). The third-order valence-electron chi connectivity index (χ3n) is 6.30. The van der Waals surface area contributed by atoms with Crippen LogP contribution in [0.1, 0.15) is 44.2 Å². The lowest BCUT2D eigenvalue weighted by Crippen LogP contribution is -2.59. The lowest BCUT2D eigenvalue weighted by molar-refractivity contribution is -0.181. The Morgan fingerprint density at radius 2 is 1.75 bits per heavy atom. The van der Waals surface area contributed by atoms with Gasteiger partial charge in [-0.15, -0.1) is 0 Å². The van der Waals surface area contributed by atoms with Gasteiger partial charge in [-0.3, -0.25) is 4.98 Å². The number of hydrogen-bond acceptors (Lipinski definition) is 3. The zero-order chi connectivity index (χ0) is 13.8. The molecule has 1 heterocycles. The SMILES string of the molecule is NCC(O)(c1ccccn1)C12CC3CC(CC(C3)C1)C2. The molecule has 3 N–H and O–H groups in total. The third-order valence-corrected chi connectivity index (χ3v) is 6.30. The van der Waals surface area contributed by atoms with E-state index < -0.39 is 5.60 Å². The van der Waals surface area contributed by atoms with Crippen molar-refractivity contribution in [3.05, 3.63) is 30.1 Å². The Balaban J connectivity index is 1.77. The zero-order valence-electron chi connectivity index (χ0n) is 12.0. The van der Waals surface area contributed by atoms with E-state index in [4.69, 9.17) is 5.73 Å². The number of rotatable bonds is 3. The van der Waals surface area contributed by atoms with Crippen LogP contribution >= 0.6 is 0 Å². The summed E-state index contributed by atoms with van der Waals surface area (Å²) in [6, 6.07) is 5.81. The van der Waals surface area contributed by atoms with Gasteiger partial charge in [0, 0.05) is 18.2 Å². The van der Waals surface area contributed by atoms with Gasteiger partial charge >= 0.3 is 0 Å². The van der Waals surface area contributed by atoms with Crippen molar-refractivity contribution in [2.24, 2.45) is 28.9 Å². The molecule has 1 aromatic heterocycles. The van der Waals surface area contributed by atoms with Crippen LogP contribution in [0.15, 0.2) is 24.4 Å². The predicted molar refractivity (Wildman–Crippen MR) is 77.8 cm³/mol. The van der Waals surface area contributed by atoms with Crippen LogP contribution in [0.2, 0.25) is 0 Å². The standard InChI is InChI=1S/C17H24N2O/c18-11-17(20,15-3-1-2-4-19-15)16-8-12-5-13(9-16)7-14(6-12)10-16/h1-4,12-14,20H,5-11,18H2. The third kappa shape index (κ3) is 1.63. The molecule has 0 amide bonds. The van der Waals surface area contributed by atoms with Gasteiger partial charge < -0.3 is 10.8 Å². The van der Waals surface area contributed by atoms with Crippen LogP contribution in [0.3, 0.4) is 0 Å². The van der Waals surface area contributed by atoms with Crippen LogP contribution < -0.4 is 5.73 Å². The summed E-state index contributed by atoms with van der Waals surface area (Å²) < 4.78 is 0. The first-order valence-corrected chi connectivity index (χ1v) is 7.99. The molecule has 4 aliphatic carbocycles. The molecule has 4 fully saturated rings. The van der Waals surface area contributed by atoms with Crippen LogP contribution in [0.4, 0.5) is 0 Å². The van der Waals surface area contributed by atoms with Gasteiger partial charge in [-0.25, -0.2) is 0 Å². The summed E-state index contributed by atoms with van der Waals surface area (Å²) in [6.45, 7) is 0.288. The van der Waals surface area contributed by atoms with Gasteiger partial charge in [0.15, 0.2) is 0 Å². The molecule has 108 valence electrons. The van der Waals surface area contributed by atoms with Gasteiger partial charge in [-0.05, 0) is 68.4 Å². The smallest absolute Gasteiger partial charge is 0.124 e. The second-order valence-corrected chi connectivity index (χ2v) is 7.48. The number of hydrogen-bond donors (Lipinski definition) is 2. The van der Waals surface area contributed by atoms with E-state index >= 15 is 0 Å². The van der Waals surface area contributed by atoms with E-state index in [9.17, 15) is 5.11 Å². The van der Waals surface area contributed by atoms with Crippen molar-refractivity contribution in [1.82, 2.24) is 4.98 Å². The highest BCUT2D eigenvalue weighted by Gasteiger charge is 2.60. The van der Waals surface area contributed by atoms with Crippen LogP contribution in [-0.2, 0) is 5.60 Å². The molecule has 3 heteroatoms. The minimum atomic E-state index is -0.940. The predicted octanol–water partition coefficient (Wildman–Crippen LogP) is 2.44. The minimum absolute atomic E-state index is 0.0230. The first kappa shape index (κ1) is 12.8. The van der Waals surface area contributed by atoms with Gasteiger partial charge in [-0.2, -0.15) is 0 Å². The molecule has 0 aliphatic heterocycles. The van der Waals surface area contributed by atoms with Crippen LogP contribution in [-0.4, -0.2) is 16.6 Å². The summed E-state index contributed by atoms with van der Waals surface area (Å²) >= 11 is 0. The summed E-state index contributed by atoms with van der Waals surface area (Å²) in [6.07, 6.45) is 9.33. The lowest BCUT2D eigenvalue weighted by atomic mass is 9.45. The fourth-order valence-corrected chi connectivity index (χ4v) is 5.82. The van der Waals surface area contributed by atoms with E-state index in [1.165, 1.54) is 19.3 Å². The summed E-state index contributed by atoms with van der Waals surface area (Å²) in [5.41, 5.74) is 5.89. The molecule has 0 spiro atoms. The molecular formula is C17H24N2O. The van der Waals surface area contributed by atoms with Crippen molar-refractivity contribution in [3.63, 3.8) is 0 Å². The summed E-state index contributed by atoms with van der Waals surface area (Å²) in [5.74, 6) is 2.43. The topological polar surface area (TPSA) is 59.1 Å². The maximum absolute atomic E-state index is 11.5. The fourth-order valence-electron chi connectivity index (χ4n) is 5.82. The average molecular weight is 272 g/mol. The molecule has 1 atom stereocenters. The van der Waals surface area contributed by atoms with Gasteiger partial charge in [0.1, 0.15) is 5.60 Å². The monoisotopic (exact) mass is 272 g/mol. The van der Waals surface area contributed by atoms with Gasteiger partial charge in [0.2, 0.25) is 0 Å². The van der Waals surface area contributed by atoms with Crippen molar-refractivity contribution < 1.29 is 5.11 Å². The Morgan fingerprint density at radius 1 is 1.15 bits per heavy atom. The highest BCUT2D eigenvalue weighted by atomic mass is 16.3. The van der Waals surface area contributed by atoms with Gasteiger partial charge in [0.05, 0.1) is 5.69 Å². The normalized spacial score (nSPS) is 41.6. The summed E-state index contributed by atoms with van der Waals surface area (Å²) in [5, 5.41) is 11.5. The van der Waals surface area contributed by atoms with Gasteiger partial charge in [-0.1, -0.05) is 6.07 Å². The number of nitrogens with two attached hydrogens (primary N) is 1. The second-order valence-electron chi connectivity index (χ2n) is 7.48. The van der Waals surface area contributed by atoms with E-state index in [0.29, 0.717) is 0 Å². The molecule has 4 aliphatic rings. The van der Waals surface area contributed by atoms with E-state index in [1.807, 2.05) is 18.2 Å². The first-order chi connectivity index (χ1) is 9.65. The van der Waals surface area contributed by atoms with Crippen molar-refractivity contribution in [3.8, 4) is 0 Å². The van der Waals surface area contributed by atoms with E-state index in [0.717, 1.165) is 42.7 Å². The lowest BCUT2D eigenvalue weighted by Gasteiger charge is -2.61. The minimum Gasteiger partial charge on any atom is -0.382 e. The number of aliphatic hydroxyl groups is 1. The van der Waals surface area contributed by atoms with Crippen molar-refractivity contribution in [1.29, 1.82) is 0 Å². The Bertz CT molecular complexity index is 466. The highest BCUT2D eigenvalue weighted by Crippen LogP contribution is 2.65. The number of nitrogens with zero attached hydrogens (tertiary/aromatic N) is 1. The van der Waals surface area contributed by atoms with Crippen molar-refractivity contribution >= 4 is 0 Å². The molecule has 0 saturated heterocycles. The Morgan fingerprint density at radius 3 is 2.20 bits per heavy atom. The Labute approximate surface area is 120 Å². The summed E-state index contributed by atoms with van der Waals surface area (Å²) in [4.78, 5) is 4.45. The number of aromatic nitrogens is 1. The largest absolute Gasteiger partial charge is 0.382 e. The van der Waals surface area contributed by atoms with Crippen molar-refractivity contribution in [2.75, 3.05) is 6.54 Å². The second kappa shape index (κ2) is 4.28. The average Bonchev–Trinajstić information content (AvgIpc) is 2.46. The van der Waals surface area contributed by atoms with E-state index in [1.54, 1.807) is 6.20 Å². The maximum Gasteiger partial charge on any atom is 0.124 e. The quantitative estimate of drug-likeness (QED) is 0.888. The van der Waals surface area contributed by atoms with Crippen LogP contribution in [0, 0.1) is 23.2 Å². The molecule has 0 aromatic carbocycles. The zero-order valence-corrected chi connectivity index (χ0v) is 12.0. The molecule has 4 bridgehead atoms. The van der Waals surface area contributed by atoms with Crippen LogP contribution in [0.25, 0.3) is 0 Å². The Kier molecular flexibility index (Phi) is 2.74. The molecule has 20 heavy (non-hydrogen) atoms. The van der Waals surface area contributed by atoms with E-state index in [2.05, 4.69) is 4.98 Å². The number of pyridine rings is 1. The maximum atomic E-state index is 11.5. The van der Waals surface area contributed by atoms with Gasteiger partial charge in [0.25, 0.3) is 0 Å². The highest BCUT2D eigenvalue weighted by molar-refractivity contribution is 5.22. The summed E-state index contributed by atoms with van der Waals surface area (Å²) in [7, 11) is 0. The molecule has 3 nitrogen and oxygen atoms in total. The van der Waals surface area contributed by atoms with Crippen molar-refractivity contribution in [2.45, 2.75) is 44.1 Å². The van der Waals surface area contributed by atoms with E-state index in [-0.39, 0.29) is 12.0 Å². The molecular weight excluding hydrogens is 248 g/mol. The van der Waals surface area contributed by atoms with Crippen LogP contribution in [0.5, 0.6) is 0 Å². The molecule has 1 unspecified atom stereocenters. The Hall–Kier alpha value is -0.930. The molecule has 0 radical (unpaired) electrons. The molecule has 1 aromatic rings. The fraction of sp³-hybridized carbons (Fsp3) is 0.706.